The van der Waals surface area contributed by atoms with Crippen LogP contribution in [0.2, 0.25) is 5.02 Å². The number of carbonyl (C=O) groups is 1. The van der Waals surface area contributed by atoms with Crippen LogP contribution in [0.1, 0.15) is 31.9 Å². The third kappa shape index (κ3) is 5.72. The smallest absolute Gasteiger partial charge is 0.244 e. The van der Waals surface area contributed by atoms with Crippen LogP contribution in [-0.2, 0) is 21.2 Å². The fourth-order valence-electron chi connectivity index (χ4n) is 3.12. The molecule has 0 fully saturated rings. The maximum absolute atomic E-state index is 12.9. The molecule has 1 atom stereocenters. The Labute approximate surface area is 172 Å². The molecule has 0 spiro atoms. The van der Waals surface area contributed by atoms with Crippen LogP contribution in [0, 0.1) is 6.92 Å². The number of hydrogen-bond donors (Lipinski definition) is 1. The lowest BCUT2D eigenvalue weighted by atomic mass is 9.94. The zero-order valence-electron chi connectivity index (χ0n) is 16.9. The second-order valence-corrected chi connectivity index (χ2v) is 9.97. The topological polar surface area (TPSA) is 66.5 Å². The van der Waals surface area contributed by atoms with Crippen molar-refractivity contribution in [3.05, 3.63) is 64.7 Å². The Bertz CT molecular complexity index is 943. The Morgan fingerprint density at radius 1 is 1.18 bits per heavy atom. The van der Waals surface area contributed by atoms with Gasteiger partial charge >= 0.3 is 0 Å². The molecule has 28 heavy (non-hydrogen) atoms. The van der Waals surface area contributed by atoms with Crippen molar-refractivity contribution in [1.29, 1.82) is 0 Å². The number of nitrogens with one attached hydrogen (secondary N) is 1. The van der Waals surface area contributed by atoms with E-state index in [4.69, 9.17) is 11.6 Å². The molecule has 0 saturated carbocycles. The third-order valence-corrected chi connectivity index (χ3v) is 6.10. The summed E-state index contributed by atoms with van der Waals surface area (Å²) in [6.07, 6.45) is 1.71. The first-order valence-corrected chi connectivity index (χ1v) is 11.2. The first-order valence-electron chi connectivity index (χ1n) is 9.02. The van der Waals surface area contributed by atoms with Gasteiger partial charge in [0.1, 0.15) is 6.04 Å². The third-order valence-electron chi connectivity index (χ3n) is 4.45. The average Bonchev–Trinajstić information content (AvgIpc) is 2.57. The lowest BCUT2D eigenvalue weighted by molar-refractivity contribution is -0.123. The molecule has 1 unspecified atom stereocenters. The molecular formula is C21H27ClN2O3S. The number of hydrogen-bond acceptors (Lipinski definition) is 3. The van der Waals surface area contributed by atoms with E-state index in [0.29, 0.717) is 17.1 Å². The molecule has 1 N–H and O–H groups in total. The highest BCUT2D eigenvalue weighted by molar-refractivity contribution is 7.92. The van der Waals surface area contributed by atoms with Crippen molar-refractivity contribution >= 4 is 33.2 Å². The van der Waals surface area contributed by atoms with Crippen LogP contribution >= 0.6 is 11.6 Å². The average molecular weight is 423 g/mol. The van der Waals surface area contributed by atoms with Crippen molar-refractivity contribution in [2.45, 2.75) is 45.7 Å². The summed E-state index contributed by atoms with van der Waals surface area (Å²) in [5, 5.41) is 3.42. The molecule has 7 heteroatoms. The molecule has 0 aliphatic heterocycles. The van der Waals surface area contributed by atoms with E-state index in [1.165, 1.54) is 0 Å². The van der Waals surface area contributed by atoms with Gasteiger partial charge in [-0.25, -0.2) is 8.42 Å². The van der Waals surface area contributed by atoms with Gasteiger partial charge in [0.05, 0.1) is 11.9 Å². The van der Waals surface area contributed by atoms with E-state index in [9.17, 15) is 13.2 Å². The summed E-state index contributed by atoms with van der Waals surface area (Å²) in [6, 6.07) is 13.9. The first kappa shape index (κ1) is 22.2. The summed E-state index contributed by atoms with van der Waals surface area (Å²) < 4.78 is 26.0. The molecule has 0 saturated heterocycles. The highest BCUT2D eigenvalue weighted by atomic mass is 35.5. The SMILES string of the molecule is Cc1ccc(N(C(C)C(=O)NC(C)(C)Cc2ccccc2)S(C)(=O)=O)cc1Cl. The molecule has 0 heterocycles. The van der Waals surface area contributed by atoms with Crippen LogP contribution in [0.15, 0.2) is 48.5 Å². The lowest BCUT2D eigenvalue weighted by Gasteiger charge is -2.33. The van der Waals surface area contributed by atoms with Crippen LogP contribution < -0.4 is 9.62 Å². The van der Waals surface area contributed by atoms with Gasteiger partial charge in [-0.05, 0) is 57.4 Å². The minimum atomic E-state index is -3.69. The number of nitrogens with zero attached hydrogens (tertiary/aromatic N) is 1. The lowest BCUT2D eigenvalue weighted by Crippen LogP contribution is -2.54. The number of carbonyl (C=O) groups excluding carboxylic acids is 1. The number of anilines is 1. The molecule has 0 aliphatic rings. The number of rotatable bonds is 7. The molecule has 0 radical (unpaired) electrons. The highest BCUT2D eigenvalue weighted by Gasteiger charge is 2.32. The Hall–Kier alpha value is -2.05. The molecule has 2 rings (SSSR count). The van der Waals surface area contributed by atoms with E-state index < -0.39 is 21.6 Å². The normalized spacial score (nSPS) is 13.1. The number of sulfonamides is 1. The van der Waals surface area contributed by atoms with Gasteiger partial charge in [0, 0.05) is 10.6 Å². The molecule has 5 nitrogen and oxygen atoms in total. The van der Waals surface area contributed by atoms with Crippen LogP contribution in [0.5, 0.6) is 0 Å². The van der Waals surface area contributed by atoms with E-state index in [1.807, 2.05) is 51.1 Å². The van der Waals surface area contributed by atoms with Crippen LogP contribution in [0.3, 0.4) is 0 Å². The van der Waals surface area contributed by atoms with Gasteiger partial charge in [-0.2, -0.15) is 0 Å². The highest BCUT2D eigenvalue weighted by Crippen LogP contribution is 2.27. The predicted molar refractivity (Wildman–Crippen MR) is 115 cm³/mol. The summed E-state index contributed by atoms with van der Waals surface area (Å²) in [4.78, 5) is 12.9. The monoisotopic (exact) mass is 422 g/mol. The van der Waals surface area contributed by atoms with Crippen molar-refractivity contribution < 1.29 is 13.2 Å². The van der Waals surface area contributed by atoms with Crippen LogP contribution in [-0.4, -0.2) is 32.2 Å². The maximum Gasteiger partial charge on any atom is 0.244 e. The summed E-state index contributed by atoms with van der Waals surface area (Å²) in [6.45, 7) is 7.23. The molecule has 0 bridgehead atoms. The van der Waals surface area contributed by atoms with Crippen LogP contribution in [0.25, 0.3) is 0 Å². The summed E-state index contributed by atoms with van der Waals surface area (Å²) in [5.41, 5.74) is 1.74. The standard InChI is InChI=1S/C21H27ClN2O3S/c1-15-11-12-18(13-19(15)22)24(28(5,26)27)16(2)20(25)23-21(3,4)14-17-9-7-6-8-10-17/h6-13,16H,14H2,1-5H3,(H,23,25). The molecule has 152 valence electrons. The molecule has 2 aromatic carbocycles. The van der Waals surface area contributed by atoms with Crippen molar-refractivity contribution in [2.24, 2.45) is 0 Å². The largest absolute Gasteiger partial charge is 0.349 e. The maximum atomic E-state index is 12.9. The Morgan fingerprint density at radius 3 is 2.32 bits per heavy atom. The minimum Gasteiger partial charge on any atom is -0.349 e. The van der Waals surface area contributed by atoms with Crippen molar-refractivity contribution in [3.8, 4) is 0 Å². The van der Waals surface area contributed by atoms with Gasteiger partial charge < -0.3 is 5.32 Å². The van der Waals surface area contributed by atoms with E-state index in [-0.39, 0.29) is 5.91 Å². The van der Waals surface area contributed by atoms with Crippen LogP contribution in [0.4, 0.5) is 5.69 Å². The van der Waals surface area contributed by atoms with E-state index >= 15 is 0 Å². The van der Waals surface area contributed by atoms with Gasteiger partial charge in [-0.1, -0.05) is 48.0 Å². The fourth-order valence-corrected chi connectivity index (χ4v) is 4.46. The second kappa shape index (κ2) is 8.53. The number of benzene rings is 2. The minimum absolute atomic E-state index is 0.363. The quantitative estimate of drug-likeness (QED) is 0.734. The molecule has 2 aromatic rings. The number of amides is 1. The van der Waals surface area contributed by atoms with E-state index in [0.717, 1.165) is 21.7 Å². The molecule has 0 aromatic heterocycles. The van der Waals surface area contributed by atoms with Crippen molar-refractivity contribution in [2.75, 3.05) is 10.6 Å². The zero-order valence-corrected chi connectivity index (χ0v) is 18.4. The summed E-state index contributed by atoms with van der Waals surface area (Å²) >= 11 is 6.17. The molecular weight excluding hydrogens is 396 g/mol. The zero-order chi connectivity index (χ0) is 21.1. The van der Waals surface area contributed by atoms with Gasteiger partial charge in [0.2, 0.25) is 15.9 Å². The van der Waals surface area contributed by atoms with Gasteiger partial charge in [-0.15, -0.1) is 0 Å². The second-order valence-electron chi connectivity index (χ2n) is 7.70. The predicted octanol–water partition coefficient (Wildman–Crippen LogP) is 3.94. The Balaban J connectivity index is 2.25. The summed E-state index contributed by atoms with van der Waals surface area (Å²) in [5.74, 6) is -0.372. The van der Waals surface area contributed by atoms with Gasteiger partial charge in [0.15, 0.2) is 0 Å². The Morgan fingerprint density at radius 2 is 1.79 bits per heavy atom. The number of aryl methyl sites for hydroxylation is 1. The summed E-state index contributed by atoms with van der Waals surface area (Å²) in [7, 11) is -3.69. The Kier molecular flexibility index (Phi) is 6.78. The molecule has 1 amide bonds. The fraction of sp³-hybridized carbons (Fsp3) is 0.381. The van der Waals surface area contributed by atoms with E-state index in [1.54, 1.807) is 25.1 Å². The van der Waals surface area contributed by atoms with Gasteiger partial charge in [-0.3, -0.25) is 9.10 Å². The number of halogens is 1. The van der Waals surface area contributed by atoms with Crippen molar-refractivity contribution in [1.82, 2.24) is 5.32 Å². The van der Waals surface area contributed by atoms with Gasteiger partial charge in [0.25, 0.3) is 0 Å². The van der Waals surface area contributed by atoms with Crippen molar-refractivity contribution in [3.63, 3.8) is 0 Å². The molecule has 0 aliphatic carbocycles. The first-order chi connectivity index (χ1) is 12.9. The van der Waals surface area contributed by atoms with E-state index in [2.05, 4.69) is 5.32 Å².